The van der Waals surface area contributed by atoms with Gasteiger partial charge in [-0.2, -0.15) is 0 Å². The Morgan fingerprint density at radius 3 is 2.76 bits per heavy atom. The van der Waals surface area contributed by atoms with Crippen LogP contribution in [-0.4, -0.2) is 17.5 Å². The van der Waals surface area contributed by atoms with Gasteiger partial charge in [-0.15, -0.1) is 11.3 Å². The van der Waals surface area contributed by atoms with E-state index in [9.17, 15) is 0 Å². The highest BCUT2D eigenvalue weighted by Gasteiger charge is 2.11. The number of nitrogens with zero attached hydrogens (tertiary/aromatic N) is 2. The molecule has 1 heterocycles. The van der Waals surface area contributed by atoms with E-state index in [4.69, 9.17) is 0 Å². The zero-order valence-electron chi connectivity index (χ0n) is 14.9. The minimum atomic E-state index is 0.155. The highest BCUT2D eigenvalue weighted by Crippen LogP contribution is 2.24. The summed E-state index contributed by atoms with van der Waals surface area (Å²) in [5, 5.41) is 10.4. The van der Waals surface area contributed by atoms with E-state index in [1.807, 2.05) is 6.20 Å². The molecule has 3 rings (SSSR count). The fraction of sp³-hybridized carbons (Fsp3) is 0.300. The van der Waals surface area contributed by atoms with Gasteiger partial charge in [-0.3, -0.25) is 0 Å². The molecule has 25 heavy (non-hydrogen) atoms. The van der Waals surface area contributed by atoms with Crippen LogP contribution >= 0.6 is 11.3 Å². The molecule has 4 nitrogen and oxygen atoms in total. The van der Waals surface area contributed by atoms with Gasteiger partial charge in [0.1, 0.15) is 5.01 Å². The molecule has 0 saturated carbocycles. The smallest absolute Gasteiger partial charge is 0.192 e. The van der Waals surface area contributed by atoms with Gasteiger partial charge in [0.2, 0.25) is 0 Å². The molecule has 2 aromatic carbocycles. The Morgan fingerprint density at radius 1 is 1.20 bits per heavy atom. The van der Waals surface area contributed by atoms with Crippen LogP contribution in [0.15, 0.2) is 53.7 Å². The molecular weight excluding hydrogens is 328 g/mol. The standard InChI is InChI=1S/C20H24N4S/c1-4-21-20(23-13-19-22-12-14(2)25-19)24-15(3)17-11-7-9-16-8-5-6-10-18(16)17/h5-12,15H,4,13H2,1-3H3,(H2,21,23,24). The third-order valence-electron chi connectivity index (χ3n) is 4.03. The summed E-state index contributed by atoms with van der Waals surface area (Å²) in [6.07, 6.45) is 1.90. The second-order valence-corrected chi connectivity index (χ2v) is 7.31. The average molecular weight is 353 g/mol. The van der Waals surface area contributed by atoms with Crippen LogP contribution in [0.25, 0.3) is 10.8 Å². The predicted octanol–water partition coefficient (Wildman–Crippen LogP) is 4.42. The van der Waals surface area contributed by atoms with Gasteiger partial charge in [0, 0.05) is 17.6 Å². The molecule has 1 atom stereocenters. The predicted molar refractivity (Wildman–Crippen MR) is 107 cm³/mol. The van der Waals surface area contributed by atoms with E-state index in [1.165, 1.54) is 21.2 Å². The van der Waals surface area contributed by atoms with E-state index in [-0.39, 0.29) is 6.04 Å². The van der Waals surface area contributed by atoms with Crippen molar-refractivity contribution in [1.82, 2.24) is 15.6 Å². The lowest BCUT2D eigenvalue weighted by molar-refractivity contribution is 0.691. The zero-order chi connectivity index (χ0) is 17.6. The van der Waals surface area contributed by atoms with Crippen LogP contribution in [0.1, 0.15) is 35.3 Å². The van der Waals surface area contributed by atoms with Gasteiger partial charge in [-0.25, -0.2) is 9.98 Å². The molecule has 0 aliphatic carbocycles. The van der Waals surface area contributed by atoms with E-state index in [0.29, 0.717) is 6.54 Å². The maximum absolute atomic E-state index is 4.68. The van der Waals surface area contributed by atoms with Crippen LogP contribution in [0.4, 0.5) is 0 Å². The van der Waals surface area contributed by atoms with Crippen LogP contribution in [-0.2, 0) is 6.54 Å². The largest absolute Gasteiger partial charge is 0.357 e. The number of fused-ring (bicyclic) bond motifs is 1. The number of nitrogens with one attached hydrogen (secondary N) is 2. The van der Waals surface area contributed by atoms with Crippen molar-refractivity contribution in [2.45, 2.75) is 33.4 Å². The Bertz CT molecular complexity index is 864. The molecule has 5 heteroatoms. The van der Waals surface area contributed by atoms with Crippen molar-refractivity contribution in [3.63, 3.8) is 0 Å². The molecule has 0 fully saturated rings. The summed E-state index contributed by atoms with van der Waals surface area (Å²) in [6.45, 7) is 7.73. The first kappa shape index (κ1) is 17.4. The van der Waals surface area contributed by atoms with Crippen molar-refractivity contribution in [1.29, 1.82) is 0 Å². The van der Waals surface area contributed by atoms with E-state index >= 15 is 0 Å². The molecule has 0 aliphatic heterocycles. The average Bonchev–Trinajstić information content (AvgIpc) is 3.04. The van der Waals surface area contributed by atoms with Crippen molar-refractivity contribution in [2.24, 2.45) is 4.99 Å². The normalized spacial score (nSPS) is 13.0. The molecule has 0 amide bonds. The Labute approximate surface area is 153 Å². The topological polar surface area (TPSA) is 49.3 Å². The number of benzene rings is 2. The van der Waals surface area contributed by atoms with Gasteiger partial charge in [0.05, 0.1) is 12.6 Å². The number of aromatic nitrogens is 1. The second-order valence-electron chi connectivity index (χ2n) is 5.99. The summed E-state index contributed by atoms with van der Waals surface area (Å²) in [6, 6.07) is 15.1. The monoisotopic (exact) mass is 352 g/mol. The van der Waals surface area contributed by atoms with Gasteiger partial charge in [-0.05, 0) is 37.1 Å². The van der Waals surface area contributed by atoms with Crippen molar-refractivity contribution in [2.75, 3.05) is 6.54 Å². The van der Waals surface area contributed by atoms with Crippen LogP contribution in [0.3, 0.4) is 0 Å². The minimum absolute atomic E-state index is 0.155. The Morgan fingerprint density at radius 2 is 2.00 bits per heavy atom. The first-order valence-corrected chi connectivity index (χ1v) is 9.43. The second kappa shape index (κ2) is 8.12. The summed E-state index contributed by atoms with van der Waals surface area (Å²) in [5.74, 6) is 0.816. The number of guanidine groups is 1. The van der Waals surface area contributed by atoms with Crippen molar-refractivity contribution in [3.05, 3.63) is 64.1 Å². The quantitative estimate of drug-likeness (QED) is 0.528. The number of aryl methyl sites for hydroxylation is 1. The number of thiazole rings is 1. The molecule has 0 aliphatic rings. The Balaban J connectivity index is 1.78. The Kier molecular flexibility index (Phi) is 5.66. The van der Waals surface area contributed by atoms with Crippen molar-refractivity contribution < 1.29 is 0 Å². The van der Waals surface area contributed by atoms with Crippen LogP contribution in [0.5, 0.6) is 0 Å². The summed E-state index contributed by atoms with van der Waals surface area (Å²) in [7, 11) is 0. The molecule has 2 N–H and O–H groups in total. The third kappa shape index (κ3) is 4.37. The molecule has 0 radical (unpaired) electrons. The van der Waals surface area contributed by atoms with E-state index in [2.05, 4.69) is 83.8 Å². The maximum Gasteiger partial charge on any atom is 0.192 e. The first-order chi connectivity index (χ1) is 12.2. The van der Waals surface area contributed by atoms with Crippen LogP contribution in [0.2, 0.25) is 0 Å². The molecule has 130 valence electrons. The molecule has 0 spiro atoms. The van der Waals surface area contributed by atoms with Crippen LogP contribution in [0, 0.1) is 6.92 Å². The fourth-order valence-electron chi connectivity index (χ4n) is 2.85. The highest BCUT2D eigenvalue weighted by atomic mass is 32.1. The summed E-state index contributed by atoms with van der Waals surface area (Å²) in [5.41, 5.74) is 1.27. The van der Waals surface area contributed by atoms with Crippen molar-refractivity contribution >= 4 is 28.1 Å². The van der Waals surface area contributed by atoms with Gasteiger partial charge in [0.15, 0.2) is 5.96 Å². The SMILES string of the molecule is CCNC(=NCc1ncc(C)s1)NC(C)c1cccc2ccccc12. The third-order valence-corrected chi connectivity index (χ3v) is 4.93. The first-order valence-electron chi connectivity index (χ1n) is 8.61. The Hall–Kier alpha value is -2.40. The lowest BCUT2D eigenvalue weighted by Crippen LogP contribution is -2.38. The van der Waals surface area contributed by atoms with E-state index in [1.54, 1.807) is 11.3 Å². The number of hydrogen-bond acceptors (Lipinski definition) is 3. The maximum atomic E-state index is 4.68. The summed E-state index contributed by atoms with van der Waals surface area (Å²) >= 11 is 1.69. The highest BCUT2D eigenvalue weighted by molar-refractivity contribution is 7.11. The van der Waals surface area contributed by atoms with E-state index < -0.39 is 0 Å². The van der Waals surface area contributed by atoms with Crippen LogP contribution < -0.4 is 10.6 Å². The lowest BCUT2D eigenvalue weighted by atomic mass is 10.00. The fourth-order valence-corrected chi connectivity index (χ4v) is 3.56. The summed E-state index contributed by atoms with van der Waals surface area (Å²) in [4.78, 5) is 10.3. The molecule has 1 unspecified atom stereocenters. The summed E-state index contributed by atoms with van der Waals surface area (Å²) < 4.78 is 0. The van der Waals surface area contributed by atoms with E-state index in [0.717, 1.165) is 17.5 Å². The molecule has 0 bridgehead atoms. The van der Waals surface area contributed by atoms with Gasteiger partial charge in [0.25, 0.3) is 0 Å². The lowest BCUT2D eigenvalue weighted by Gasteiger charge is -2.19. The number of rotatable bonds is 5. The zero-order valence-corrected chi connectivity index (χ0v) is 15.7. The number of hydrogen-bond donors (Lipinski definition) is 2. The minimum Gasteiger partial charge on any atom is -0.357 e. The molecule has 1 aromatic heterocycles. The number of aliphatic imine (C=N–C) groups is 1. The van der Waals surface area contributed by atoms with Gasteiger partial charge in [-0.1, -0.05) is 42.5 Å². The molecule has 0 saturated heterocycles. The molecular formula is C20H24N4S. The van der Waals surface area contributed by atoms with Gasteiger partial charge >= 0.3 is 0 Å². The molecule has 3 aromatic rings. The van der Waals surface area contributed by atoms with Crippen molar-refractivity contribution in [3.8, 4) is 0 Å². The van der Waals surface area contributed by atoms with Gasteiger partial charge < -0.3 is 10.6 Å².